The first-order valence-electron chi connectivity index (χ1n) is 8.96. The van der Waals surface area contributed by atoms with Crippen LogP contribution in [0.1, 0.15) is 44.2 Å². The van der Waals surface area contributed by atoms with Gasteiger partial charge in [0, 0.05) is 19.1 Å². The van der Waals surface area contributed by atoms with E-state index >= 15 is 0 Å². The van der Waals surface area contributed by atoms with Crippen LogP contribution in [0.2, 0.25) is 0 Å². The Morgan fingerprint density at radius 3 is 2.59 bits per heavy atom. The number of hydrogen-bond acceptors (Lipinski definition) is 6. The topological polar surface area (TPSA) is 82.0 Å². The van der Waals surface area contributed by atoms with Gasteiger partial charge in [-0.15, -0.1) is 0 Å². The zero-order valence-corrected chi connectivity index (χ0v) is 16.7. The highest BCUT2D eigenvalue weighted by Crippen LogP contribution is 2.30. The van der Waals surface area contributed by atoms with Crippen LogP contribution in [0.15, 0.2) is 29.4 Å². The van der Waals surface area contributed by atoms with Gasteiger partial charge in [-0.1, -0.05) is 29.4 Å². The molecule has 2 atom stereocenters. The van der Waals surface area contributed by atoms with Crippen molar-refractivity contribution < 1.29 is 27.2 Å². The number of aryl methyl sites for hydroxylation is 1. The number of carbonyl (C=O) groups excluding carboxylic acids is 1. The third-order valence-electron chi connectivity index (χ3n) is 4.76. The van der Waals surface area contributed by atoms with Crippen LogP contribution in [-0.4, -0.2) is 50.5 Å². The molecule has 0 fully saturated rings. The number of esters is 1. The predicted octanol–water partition coefficient (Wildman–Crippen LogP) is 2.84. The Labute approximate surface area is 159 Å². The number of halogens is 1. The smallest absolute Gasteiger partial charge is 0.327 e. The minimum absolute atomic E-state index is 0.0355. The Kier molecular flexibility index (Phi) is 6.97. The van der Waals surface area contributed by atoms with Crippen molar-refractivity contribution in [2.75, 3.05) is 19.5 Å². The number of ether oxygens (including phenoxy) is 1. The lowest BCUT2D eigenvalue weighted by Crippen LogP contribution is -2.47. The Bertz CT molecular complexity index is 791. The second-order valence-corrected chi connectivity index (χ2v) is 9.33. The summed E-state index contributed by atoms with van der Waals surface area (Å²) in [6, 6.07) is 7.61. The monoisotopic (exact) mass is 399 g/mol. The van der Waals surface area contributed by atoms with Crippen LogP contribution in [0.5, 0.6) is 0 Å². The fraction of sp³-hybridized carbons (Fsp3) is 0.579. The molecule has 150 valence electrons. The maximum absolute atomic E-state index is 12.3. The number of hydrogen-bond donors (Lipinski definition) is 0. The lowest BCUT2D eigenvalue weighted by molar-refractivity contribution is -0.146. The predicted molar refractivity (Wildman–Crippen MR) is 101 cm³/mol. The second-order valence-electron chi connectivity index (χ2n) is 6.89. The van der Waals surface area contributed by atoms with Crippen molar-refractivity contribution in [3.8, 4) is 0 Å². The summed E-state index contributed by atoms with van der Waals surface area (Å²) in [5, 5.41) is 4.06. The summed E-state index contributed by atoms with van der Waals surface area (Å²) >= 11 is 0. The van der Waals surface area contributed by atoms with Crippen molar-refractivity contribution in [3.63, 3.8) is 0 Å². The molecule has 0 aliphatic carbocycles. The van der Waals surface area contributed by atoms with E-state index in [1.807, 2.05) is 24.3 Å². The molecule has 0 radical (unpaired) electrons. The Balaban J connectivity index is 2.06. The van der Waals surface area contributed by atoms with Gasteiger partial charge < -0.3 is 9.57 Å². The Hall–Kier alpha value is -1.96. The molecule has 6 nitrogen and oxygen atoms in total. The van der Waals surface area contributed by atoms with E-state index in [2.05, 4.69) is 5.16 Å². The van der Waals surface area contributed by atoms with Crippen LogP contribution in [0, 0.1) is 0 Å². The van der Waals surface area contributed by atoms with E-state index in [0.717, 1.165) is 17.4 Å². The number of rotatable bonds is 9. The maximum atomic E-state index is 12.3. The van der Waals surface area contributed by atoms with Gasteiger partial charge in [0.15, 0.2) is 14.6 Å². The molecule has 0 amide bonds. The van der Waals surface area contributed by atoms with Gasteiger partial charge in [-0.2, -0.15) is 0 Å². The average molecular weight is 399 g/mol. The molecule has 1 aromatic rings. The van der Waals surface area contributed by atoms with Gasteiger partial charge in [0.25, 0.3) is 0 Å². The summed E-state index contributed by atoms with van der Waals surface area (Å²) in [4.78, 5) is 17.7. The molecule has 1 heterocycles. The first-order chi connectivity index (χ1) is 12.7. The van der Waals surface area contributed by atoms with E-state index in [0.29, 0.717) is 25.0 Å². The molecule has 0 saturated heterocycles. The number of sulfone groups is 1. The van der Waals surface area contributed by atoms with Crippen molar-refractivity contribution in [3.05, 3.63) is 35.4 Å². The quantitative estimate of drug-likeness (QED) is 0.597. The molecule has 0 spiro atoms. The number of oxime groups is 1. The van der Waals surface area contributed by atoms with Crippen molar-refractivity contribution in [2.45, 2.75) is 50.4 Å². The molecule has 27 heavy (non-hydrogen) atoms. The Morgan fingerprint density at radius 1 is 1.37 bits per heavy atom. The van der Waals surface area contributed by atoms with E-state index < -0.39 is 26.7 Å². The van der Waals surface area contributed by atoms with Crippen LogP contribution in [-0.2, 0) is 30.6 Å². The van der Waals surface area contributed by atoms with Crippen LogP contribution in [0.25, 0.3) is 0 Å². The summed E-state index contributed by atoms with van der Waals surface area (Å²) in [7, 11) is -3.71. The normalized spacial score (nSPS) is 19.1. The molecule has 0 bridgehead atoms. The zero-order valence-electron chi connectivity index (χ0n) is 15.9. The van der Waals surface area contributed by atoms with E-state index in [9.17, 15) is 17.6 Å². The van der Waals surface area contributed by atoms with Crippen molar-refractivity contribution in [1.29, 1.82) is 0 Å². The maximum Gasteiger partial charge on any atom is 0.327 e. The van der Waals surface area contributed by atoms with Crippen molar-refractivity contribution in [2.24, 2.45) is 5.16 Å². The molecule has 2 rings (SSSR count). The first-order valence-corrected chi connectivity index (χ1v) is 10.8. The van der Waals surface area contributed by atoms with Crippen LogP contribution >= 0.6 is 0 Å². The fourth-order valence-electron chi connectivity index (χ4n) is 2.95. The molecule has 1 aromatic carbocycles. The summed E-state index contributed by atoms with van der Waals surface area (Å²) < 4.78 is 40.0. The Morgan fingerprint density at radius 2 is 2.04 bits per heavy atom. The number of alkyl halides is 1. The minimum atomic E-state index is -3.71. The van der Waals surface area contributed by atoms with Gasteiger partial charge in [-0.3, -0.25) is 9.18 Å². The summed E-state index contributed by atoms with van der Waals surface area (Å²) in [6.07, 6.45) is 2.02. The number of benzene rings is 1. The molecule has 8 heteroatoms. The highest BCUT2D eigenvalue weighted by molar-refractivity contribution is 7.92. The van der Waals surface area contributed by atoms with E-state index in [1.54, 1.807) is 6.92 Å². The lowest BCUT2D eigenvalue weighted by atomic mass is 9.96. The van der Waals surface area contributed by atoms with Gasteiger partial charge in [0.2, 0.25) is 0 Å². The van der Waals surface area contributed by atoms with Gasteiger partial charge in [-0.25, -0.2) is 8.42 Å². The van der Waals surface area contributed by atoms with Crippen LogP contribution in [0.4, 0.5) is 4.39 Å². The van der Waals surface area contributed by atoms with Crippen molar-refractivity contribution >= 4 is 21.5 Å². The third kappa shape index (κ3) is 5.06. The van der Waals surface area contributed by atoms with Gasteiger partial charge in [0.05, 0.1) is 19.0 Å². The standard InChI is InChI=1S/C19H26FNO5S/c1-4-25-18(22)19(2,27(3,23)24)13-16-12-17(21-26-16)15-9-7-14(8-10-15)6-5-11-20/h7-10,16H,4-6,11-13H2,1-3H3/t16-,19-/m1/s1. The van der Waals surface area contributed by atoms with Crippen LogP contribution < -0.4 is 0 Å². The van der Waals surface area contributed by atoms with E-state index in [-0.39, 0.29) is 19.7 Å². The highest BCUT2D eigenvalue weighted by atomic mass is 32.2. The molecule has 0 unspecified atom stereocenters. The van der Waals surface area contributed by atoms with Gasteiger partial charge in [-0.05, 0) is 37.8 Å². The molecular formula is C19H26FNO5S. The fourth-order valence-corrected chi connectivity index (χ4v) is 3.80. The second kappa shape index (κ2) is 8.82. The molecular weight excluding hydrogens is 373 g/mol. The summed E-state index contributed by atoms with van der Waals surface area (Å²) in [6.45, 7) is 2.75. The lowest BCUT2D eigenvalue weighted by Gasteiger charge is -2.27. The number of carbonyl (C=O) groups is 1. The van der Waals surface area contributed by atoms with E-state index in [4.69, 9.17) is 9.57 Å². The third-order valence-corrected chi connectivity index (χ3v) is 6.73. The van der Waals surface area contributed by atoms with Gasteiger partial charge in [0.1, 0.15) is 6.10 Å². The zero-order chi connectivity index (χ0) is 20.1. The first kappa shape index (κ1) is 21.3. The highest BCUT2D eigenvalue weighted by Gasteiger charge is 2.48. The summed E-state index contributed by atoms with van der Waals surface area (Å²) in [5.74, 6) is -0.776. The minimum Gasteiger partial charge on any atom is -0.465 e. The largest absolute Gasteiger partial charge is 0.465 e. The molecule has 0 aromatic heterocycles. The average Bonchev–Trinajstić information content (AvgIpc) is 3.08. The molecule has 0 saturated carbocycles. The SMILES string of the molecule is CCOC(=O)[C@@](C)(C[C@H]1CC(c2ccc(CCCF)cc2)=NO1)S(C)(=O)=O. The number of nitrogens with zero attached hydrogens (tertiary/aromatic N) is 1. The van der Waals surface area contributed by atoms with Gasteiger partial charge >= 0.3 is 5.97 Å². The molecule has 1 aliphatic rings. The van der Waals surface area contributed by atoms with Crippen LogP contribution in [0.3, 0.4) is 0 Å². The molecule has 0 N–H and O–H groups in total. The summed E-state index contributed by atoms with van der Waals surface area (Å²) in [5.41, 5.74) is 2.59. The van der Waals surface area contributed by atoms with Crippen molar-refractivity contribution in [1.82, 2.24) is 0 Å². The molecule has 1 aliphatic heterocycles. The van der Waals surface area contributed by atoms with E-state index in [1.165, 1.54) is 6.92 Å².